The van der Waals surface area contributed by atoms with Gasteiger partial charge in [-0.15, -0.1) is 11.3 Å². The molecule has 0 aliphatic carbocycles. The third-order valence-electron chi connectivity index (χ3n) is 5.63. The molecule has 2 unspecified atom stereocenters. The molecule has 0 radical (unpaired) electrons. The molecule has 0 saturated carbocycles. The van der Waals surface area contributed by atoms with E-state index in [1.54, 1.807) is 18.2 Å². The average Bonchev–Trinajstić information content (AvgIpc) is 3.15. The Kier molecular flexibility index (Phi) is 4.73. The number of hydrogen-bond acceptors (Lipinski definition) is 6. The number of carbonyl (C=O) groups is 1. The van der Waals surface area contributed by atoms with Gasteiger partial charge in [-0.3, -0.25) is 19.8 Å². The van der Waals surface area contributed by atoms with Crippen molar-refractivity contribution in [3.05, 3.63) is 74.4 Å². The van der Waals surface area contributed by atoms with Gasteiger partial charge in [-0.25, -0.2) is 4.39 Å². The van der Waals surface area contributed by atoms with Gasteiger partial charge in [0.25, 0.3) is 5.69 Å². The zero-order valence-corrected chi connectivity index (χ0v) is 16.7. The van der Waals surface area contributed by atoms with Crippen LogP contribution in [0.1, 0.15) is 28.1 Å². The molecule has 3 heterocycles. The topological polar surface area (TPSA) is 84.7 Å². The lowest BCUT2D eigenvalue weighted by atomic mass is 9.90. The molecule has 1 amide bonds. The minimum atomic E-state index is -0.568. The molecule has 2 atom stereocenters. The van der Waals surface area contributed by atoms with Gasteiger partial charge in [0.05, 0.1) is 28.9 Å². The Hall–Kier alpha value is -2.88. The van der Waals surface area contributed by atoms with Gasteiger partial charge in [-0.05, 0) is 11.6 Å². The summed E-state index contributed by atoms with van der Waals surface area (Å²) in [5.74, 6) is -0.525. The van der Waals surface area contributed by atoms with E-state index in [2.05, 4.69) is 10.2 Å². The highest BCUT2D eigenvalue weighted by molar-refractivity contribution is 7.19. The molecule has 1 N–H and O–H groups in total. The van der Waals surface area contributed by atoms with Crippen LogP contribution in [0, 0.1) is 15.9 Å². The molecule has 30 heavy (non-hydrogen) atoms. The number of halogens is 1. The molecule has 7 nitrogen and oxygen atoms in total. The molecule has 154 valence electrons. The van der Waals surface area contributed by atoms with Crippen LogP contribution in [0.2, 0.25) is 0 Å². The first kappa shape index (κ1) is 19.1. The number of ether oxygens (including phenoxy) is 1. The SMILES string of the molecule is O=C1NC(c2cccc([N+](=O)[O-])c2)c2sc3c(F)cccc3c2C1N1CCOCC1. The molecule has 0 bridgehead atoms. The van der Waals surface area contributed by atoms with E-state index in [0.29, 0.717) is 36.6 Å². The number of nitrogens with one attached hydrogen (secondary N) is 1. The lowest BCUT2D eigenvalue weighted by molar-refractivity contribution is -0.384. The molecule has 1 aromatic heterocycles. The molecule has 1 saturated heterocycles. The maximum absolute atomic E-state index is 14.6. The highest BCUT2D eigenvalue weighted by atomic mass is 32.1. The summed E-state index contributed by atoms with van der Waals surface area (Å²) in [7, 11) is 0. The van der Waals surface area contributed by atoms with Crippen LogP contribution in [-0.4, -0.2) is 42.0 Å². The fourth-order valence-electron chi connectivity index (χ4n) is 4.27. The molecule has 5 rings (SSSR count). The normalized spacial score (nSPS) is 22.0. The average molecular weight is 427 g/mol. The smallest absolute Gasteiger partial charge is 0.269 e. The van der Waals surface area contributed by atoms with Gasteiger partial charge in [0.1, 0.15) is 11.9 Å². The Morgan fingerprint density at radius 1 is 1.20 bits per heavy atom. The largest absolute Gasteiger partial charge is 0.379 e. The van der Waals surface area contributed by atoms with Gasteiger partial charge in [-0.2, -0.15) is 0 Å². The zero-order chi connectivity index (χ0) is 20.8. The standard InChI is InChI=1S/C21H18FN3O4S/c22-15-6-2-5-14-16-18(24-7-9-29-10-8-24)21(26)23-17(20(16)30-19(14)15)12-3-1-4-13(11-12)25(27)28/h1-6,11,17-18H,7-10H2,(H,23,26). The zero-order valence-electron chi connectivity index (χ0n) is 15.8. The fourth-order valence-corrected chi connectivity index (χ4v) is 5.59. The van der Waals surface area contributed by atoms with Gasteiger partial charge >= 0.3 is 0 Å². The van der Waals surface area contributed by atoms with Crippen LogP contribution in [0.4, 0.5) is 10.1 Å². The quantitative estimate of drug-likeness (QED) is 0.511. The van der Waals surface area contributed by atoms with Gasteiger partial charge in [0.15, 0.2) is 0 Å². The van der Waals surface area contributed by atoms with Gasteiger partial charge in [0, 0.05) is 41.0 Å². The first-order valence-electron chi connectivity index (χ1n) is 9.62. The number of carbonyl (C=O) groups excluding carboxylic acids is 1. The van der Waals surface area contributed by atoms with Crippen molar-refractivity contribution in [2.75, 3.05) is 26.3 Å². The number of benzene rings is 2. The number of non-ortho nitro benzene ring substituents is 1. The van der Waals surface area contributed by atoms with Crippen LogP contribution in [0.25, 0.3) is 10.1 Å². The lowest BCUT2D eigenvalue weighted by Gasteiger charge is -2.38. The first-order chi connectivity index (χ1) is 14.5. The molecule has 2 aliphatic rings. The number of morpholine rings is 1. The predicted molar refractivity (Wildman–Crippen MR) is 110 cm³/mol. The molecule has 0 spiro atoms. The second-order valence-electron chi connectivity index (χ2n) is 7.34. The van der Waals surface area contributed by atoms with Crippen LogP contribution in [0.5, 0.6) is 0 Å². The molecular formula is C21H18FN3O4S. The van der Waals surface area contributed by atoms with E-state index < -0.39 is 17.0 Å². The highest BCUT2D eigenvalue weighted by Crippen LogP contribution is 2.46. The van der Waals surface area contributed by atoms with Crippen molar-refractivity contribution < 1.29 is 18.8 Å². The third-order valence-corrected chi connectivity index (χ3v) is 6.92. The van der Waals surface area contributed by atoms with Crippen molar-refractivity contribution in [3.63, 3.8) is 0 Å². The van der Waals surface area contributed by atoms with Crippen LogP contribution < -0.4 is 5.32 Å². The fraction of sp³-hybridized carbons (Fsp3) is 0.286. The van der Waals surface area contributed by atoms with E-state index in [9.17, 15) is 19.3 Å². The number of rotatable bonds is 3. The van der Waals surface area contributed by atoms with Crippen LogP contribution in [0.15, 0.2) is 42.5 Å². The summed E-state index contributed by atoms with van der Waals surface area (Å²) in [6, 6.07) is 10.0. The Morgan fingerprint density at radius 3 is 2.73 bits per heavy atom. The summed E-state index contributed by atoms with van der Waals surface area (Å²) in [6.45, 7) is 2.27. The molecule has 3 aromatic rings. The number of nitro groups is 1. The summed E-state index contributed by atoms with van der Waals surface area (Å²) in [5, 5.41) is 15.0. The first-order valence-corrected chi connectivity index (χ1v) is 10.4. The summed E-state index contributed by atoms with van der Waals surface area (Å²) in [4.78, 5) is 26.9. The van der Waals surface area contributed by atoms with Crippen molar-refractivity contribution in [1.82, 2.24) is 10.2 Å². The van der Waals surface area contributed by atoms with Gasteiger partial charge in [0.2, 0.25) is 5.91 Å². The van der Waals surface area contributed by atoms with Gasteiger partial charge in [-0.1, -0.05) is 24.3 Å². The number of fused-ring (bicyclic) bond motifs is 3. The van der Waals surface area contributed by atoms with Crippen LogP contribution in [-0.2, 0) is 9.53 Å². The second kappa shape index (κ2) is 7.42. The monoisotopic (exact) mass is 427 g/mol. The summed E-state index contributed by atoms with van der Waals surface area (Å²) in [5.41, 5.74) is 1.34. The van der Waals surface area contributed by atoms with E-state index >= 15 is 0 Å². The minimum absolute atomic E-state index is 0.0501. The van der Waals surface area contributed by atoms with Crippen LogP contribution >= 0.6 is 11.3 Å². The summed E-state index contributed by atoms with van der Waals surface area (Å²) < 4.78 is 20.5. The second-order valence-corrected chi connectivity index (χ2v) is 8.39. The van der Waals surface area contributed by atoms with E-state index in [1.807, 2.05) is 6.07 Å². The predicted octanol–water partition coefficient (Wildman–Crippen LogP) is 3.54. The van der Waals surface area contributed by atoms with Crippen molar-refractivity contribution in [3.8, 4) is 0 Å². The van der Waals surface area contributed by atoms with E-state index in [0.717, 1.165) is 15.8 Å². The summed E-state index contributed by atoms with van der Waals surface area (Å²) in [6.07, 6.45) is 0. The lowest BCUT2D eigenvalue weighted by Crippen LogP contribution is -2.49. The number of thiophene rings is 1. The van der Waals surface area contributed by atoms with Gasteiger partial charge < -0.3 is 10.1 Å². The highest BCUT2D eigenvalue weighted by Gasteiger charge is 2.41. The maximum Gasteiger partial charge on any atom is 0.269 e. The number of amides is 1. The van der Waals surface area contributed by atoms with Crippen molar-refractivity contribution in [2.24, 2.45) is 0 Å². The molecular weight excluding hydrogens is 409 g/mol. The maximum atomic E-state index is 14.6. The Balaban J connectivity index is 1.70. The number of hydrogen-bond donors (Lipinski definition) is 1. The molecule has 2 aromatic carbocycles. The minimum Gasteiger partial charge on any atom is -0.379 e. The Bertz CT molecular complexity index is 1160. The number of nitro benzene ring substituents is 1. The van der Waals surface area contributed by atoms with Crippen molar-refractivity contribution in [1.29, 1.82) is 0 Å². The van der Waals surface area contributed by atoms with E-state index in [-0.39, 0.29) is 17.4 Å². The summed E-state index contributed by atoms with van der Waals surface area (Å²) >= 11 is 1.30. The Morgan fingerprint density at radius 2 is 1.97 bits per heavy atom. The molecule has 2 aliphatic heterocycles. The van der Waals surface area contributed by atoms with Crippen molar-refractivity contribution >= 4 is 33.0 Å². The molecule has 9 heteroatoms. The molecule has 1 fully saturated rings. The van der Waals surface area contributed by atoms with Crippen LogP contribution in [0.3, 0.4) is 0 Å². The third kappa shape index (κ3) is 3.06. The number of nitrogens with zero attached hydrogens (tertiary/aromatic N) is 2. The Labute approximate surface area is 175 Å². The van der Waals surface area contributed by atoms with E-state index in [4.69, 9.17) is 4.74 Å². The van der Waals surface area contributed by atoms with Crippen molar-refractivity contribution in [2.45, 2.75) is 12.1 Å². The van der Waals surface area contributed by atoms with E-state index in [1.165, 1.54) is 29.5 Å².